The SMILES string of the molecule is CNC(=O)c1ccnc2c(C(CCNc3cc(-c4cnc(C)nc4)c(C#N)cn3)SC)cccc12. The summed E-state index contributed by atoms with van der Waals surface area (Å²) in [6, 6.07) is 11.8. The first-order valence-electron chi connectivity index (χ1n) is 11.1. The van der Waals surface area contributed by atoms with Gasteiger partial charge in [-0.05, 0) is 37.3 Å². The van der Waals surface area contributed by atoms with Crippen LogP contribution in [0.2, 0.25) is 0 Å². The molecule has 1 amide bonds. The fourth-order valence-electron chi connectivity index (χ4n) is 3.93. The van der Waals surface area contributed by atoms with E-state index in [1.165, 1.54) is 0 Å². The number of benzene rings is 1. The van der Waals surface area contributed by atoms with Crippen molar-refractivity contribution in [3.8, 4) is 17.2 Å². The number of thioether (sulfide) groups is 1. The quantitative estimate of drug-likeness (QED) is 0.375. The molecule has 8 nitrogen and oxygen atoms in total. The number of carbonyl (C=O) groups excluding carboxylic acids is 1. The van der Waals surface area contributed by atoms with Crippen molar-refractivity contribution < 1.29 is 4.79 Å². The fourth-order valence-corrected chi connectivity index (χ4v) is 4.73. The zero-order valence-corrected chi connectivity index (χ0v) is 20.6. The second-order valence-electron chi connectivity index (χ2n) is 7.87. The lowest BCUT2D eigenvalue weighted by molar-refractivity contribution is 0.0964. The van der Waals surface area contributed by atoms with Crippen LogP contribution in [0.25, 0.3) is 22.0 Å². The van der Waals surface area contributed by atoms with Crippen molar-refractivity contribution in [1.82, 2.24) is 25.3 Å². The maximum atomic E-state index is 12.3. The molecule has 4 rings (SSSR count). The van der Waals surface area contributed by atoms with Crippen molar-refractivity contribution in [3.05, 3.63) is 77.6 Å². The molecular weight excluding hydrogens is 458 g/mol. The van der Waals surface area contributed by atoms with E-state index < -0.39 is 0 Å². The summed E-state index contributed by atoms with van der Waals surface area (Å²) in [5, 5.41) is 16.6. The molecule has 0 aliphatic heterocycles. The van der Waals surface area contributed by atoms with Crippen LogP contribution in [-0.4, -0.2) is 45.7 Å². The third kappa shape index (κ3) is 5.23. The van der Waals surface area contributed by atoms with Gasteiger partial charge >= 0.3 is 0 Å². The summed E-state index contributed by atoms with van der Waals surface area (Å²) in [7, 11) is 1.63. The van der Waals surface area contributed by atoms with Crippen LogP contribution in [0.5, 0.6) is 0 Å². The van der Waals surface area contributed by atoms with Crippen LogP contribution < -0.4 is 10.6 Å². The summed E-state index contributed by atoms with van der Waals surface area (Å²) in [5.74, 6) is 1.23. The lowest BCUT2D eigenvalue weighted by Crippen LogP contribution is -2.18. The number of nitriles is 1. The topological polar surface area (TPSA) is 116 Å². The lowest BCUT2D eigenvalue weighted by Gasteiger charge is -2.18. The molecule has 0 bridgehead atoms. The Hall–Kier alpha value is -4.03. The van der Waals surface area contributed by atoms with Gasteiger partial charge in [0, 0.05) is 60.1 Å². The minimum Gasteiger partial charge on any atom is -0.370 e. The van der Waals surface area contributed by atoms with Crippen molar-refractivity contribution in [2.45, 2.75) is 18.6 Å². The highest BCUT2D eigenvalue weighted by Crippen LogP contribution is 2.35. The molecule has 0 radical (unpaired) electrons. The van der Waals surface area contributed by atoms with Crippen LogP contribution in [0.3, 0.4) is 0 Å². The molecule has 3 aromatic heterocycles. The van der Waals surface area contributed by atoms with Crippen molar-refractivity contribution in [2.75, 3.05) is 25.2 Å². The van der Waals surface area contributed by atoms with Crippen LogP contribution in [0.1, 0.15) is 39.0 Å². The second-order valence-corrected chi connectivity index (χ2v) is 8.91. The van der Waals surface area contributed by atoms with Crippen molar-refractivity contribution in [2.24, 2.45) is 0 Å². The van der Waals surface area contributed by atoms with E-state index in [0.717, 1.165) is 34.0 Å². The number of hydrogen-bond donors (Lipinski definition) is 2. The first-order chi connectivity index (χ1) is 17.0. The number of nitrogens with one attached hydrogen (secondary N) is 2. The summed E-state index contributed by atoms with van der Waals surface area (Å²) in [6.45, 7) is 2.49. The molecule has 1 unspecified atom stereocenters. The fraction of sp³-hybridized carbons (Fsp3) is 0.231. The van der Waals surface area contributed by atoms with E-state index in [2.05, 4.69) is 49.0 Å². The van der Waals surface area contributed by atoms with Crippen LogP contribution in [-0.2, 0) is 0 Å². The Kier molecular flexibility index (Phi) is 7.53. The first kappa shape index (κ1) is 24.1. The smallest absolute Gasteiger partial charge is 0.251 e. The van der Waals surface area contributed by atoms with E-state index in [1.807, 2.05) is 25.1 Å². The van der Waals surface area contributed by atoms with Gasteiger partial charge in [0.05, 0.1) is 16.6 Å². The molecule has 35 heavy (non-hydrogen) atoms. The number of rotatable bonds is 8. The zero-order chi connectivity index (χ0) is 24.8. The molecule has 0 saturated carbocycles. The maximum absolute atomic E-state index is 12.3. The van der Waals surface area contributed by atoms with E-state index in [1.54, 1.807) is 49.7 Å². The molecule has 0 spiro atoms. The highest BCUT2D eigenvalue weighted by atomic mass is 32.2. The van der Waals surface area contributed by atoms with Crippen molar-refractivity contribution >= 4 is 34.4 Å². The molecule has 176 valence electrons. The minimum absolute atomic E-state index is 0.126. The standard InChI is InChI=1S/C26H25N7OS/c1-16-31-14-18(15-32-16)22-11-24(33-13-17(22)12-27)29-10-8-23(35-3)21-6-4-5-19-20(26(34)28-2)7-9-30-25(19)21/h4-7,9,11,13-15,23H,8,10H2,1-3H3,(H,28,34)(H,29,33). The number of fused-ring (bicyclic) bond motifs is 1. The van der Waals surface area contributed by atoms with Crippen LogP contribution in [0.4, 0.5) is 5.82 Å². The molecule has 2 N–H and O–H groups in total. The van der Waals surface area contributed by atoms with Gasteiger partial charge < -0.3 is 10.6 Å². The monoisotopic (exact) mass is 483 g/mol. The Balaban J connectivity index is 1.54. The van der Waals surface area contributed by atoms with Gasteiger partial charge in [0.1, 0.15) is 17.7 Å². The average molecular weight is 484 g/mol. The second kappa shape index (κ2) is 10.9. The Bertz CT molecular complexity index is 1400. The number of anilines is 1. The van der Waals surface area contributed by atoms with Crippen molar-refractivity contribution in [3.63, 3.8) is 0 Å². The number of para-hydroxylation sites is 1. The number of carbonyl (C=O) groups is 1. The number of aromatic nitrogens is 4. The van der Waals surface area contributed by atoms with Gasteiger partial charge in [0.25, 0.3) is 5.91 Å². The molecule has 4 aromatic rings. The molecule has 0 aliphatic carbocycles. The van der Waals surface area contributed by atoms with Crippen molar-refractivity contribution in [1.29, 1.82) is 5.26 Å². The Labute approximate surface area is 208 Å². The van der Waals surface area contributed by atoms with Gasteiger partial charge in [-0.2, -0.15) is 17.0 Å². The third-order valence-corrected chi connectivity index (χ3v) is 6.79. The summed E-state index contributed by atoms with van der Waals surface area (Å²) in [5.41, 5.74) is 4.53. The number of aryl methyl sites for hydroxylation is 1. The summed E-state index contributed by atoms with van der Waals surface area (Å²) in [6.07, 6.45) is 9.57. The van der Waals surface area contributed by atoms with E-state index in [4.69, 9.17) is 0 Å². The van der Waals surface area contributed by atoms with Gasteiger partial charge in [-0.15, -0.1) is 0 Å². The Morgan fingerprint density at radius 3 is 2.66 bits per heavy atom. The maximum Gasteiger partial charge on any atom is 0.251 e. The zero-order valence-electron chi connectivity index (χ0n) is 19.7. The minimum atomic E-state index is -0.126. The Morgan fingerprint density at radius 2 is 1.94 bits per heavy atom. The first-order valence-corrected chi connectivity index (χ1v) is 12.4. The lowest BCUT2D eigenvalue weighted by atomic mass is 10.0. The summed E-state index contributed by atoms with van der Waals surface area (Å²) in [4.78, 5) is 29.8. The summed E-state index contributed by atoms with van der Waals surface area (Å²) >= 11 is 1.74. The third-order valence-electron chi connectivity index (χ3n) is 5.73. The highest BCUT2D eigenvalue weighted by molar-refractivity contribution is 7.98. The van der Waals surface area contributed by atoms with Gasteiger partial charge in [-0.1, -0.05) is 18.2 Å². The average Bonchev–Trinajstić information content (AvgIpc) is 2.90. The molecule has 3 heterocycles. The van der Waals surface area contributed by atoms with Crippen LogP contribution in [0, 0.1) is 18.3 Å². The molecule has 1 atom stereocenters. The van der Waals surface area contributed by atoms with E-state index >= 15 is 0 Å². The number of nitrogens with zero attached hydrogens (tertiary/aromatic N) is 5. The Morgan fingerprint density at radius 1 is 1.14 bits per heavy atom. The van der Waals surface area contributed by atoms with E-state index in [-0.39, 0.29) is 11.2 Å². The van der Waals surface area contributed by atoms with Gasteiger partial charge in [-0.25, -0.2) is 15.0 Å². The largest absolute Gasteiger partial charge is 0.370 e. The molecule has 0 saturated heterocycles. The van der Waals surface area contributed by atoms with Crippen LogP contribution in [0.15, 0.2) is 55.1 Å². The van der Waals surface area contributed by atoms with Gasteiger partial charge in [0.2, 0.25) is 0 Å². The van der Waals surface area contributed by atoms with Gasteiger partial charge in [-0.3, -0.25) is 9.78 Å². The summed E-state index contributed by atoms with van der Waals surface area (Å²) < 4.78 is 0. The predicted molar refractivity (Wildman–Crippen MR) is 139 cm³/mol. The van der Waals surface area contributed by atoms with E-state index in [9.17, 15) is 10.1 Å². The normalized spacial score (nSPS) is 11.6. The number of pyridine rings is 2. The molecule has 0 aliphatic rings. The predicted octanol–water partition coefficient (Wildman–Crippen LogP) is 4.53. The highest BCUT2D eigenvalue weighted by Gasteiger charge is 2.17. The number of hydrogen-bond acceptors (Lipinski definition) is 8. The molecule has 0 fully saturated rings. The van der Waals surface area contributed by atoms with Crippen LogP contribution >= 0.6 is 11.8 Å². The number of amides is 1. The van der Waals surface area contributed by atoms with Gasteiger partial charge in [0.15, 0.2) is 0 Å². The molecule has 1 aromatic carbocycles. The molecular formula is C26H25N7OS. The van der Waals surface area contributed by atoms with E-state index in [0.29, 0.717) is 29.3 Å². The molecule has 9 heteroatoms.